The van der Waals surface area contributed by atoms with Gasteiger partial charge in [-0.25, -0.2) is 4.79 Å². The summed E-state index contributed by atoms with van der Waals surface area (Å²) in [4.78, 5) is 16.9. The van der Waals surface area contributed by atoms with E-state index >= 15 is 0 Å². The molecule has 2 rings (SSSR count). The number of halogens is 1. The molecule has 4 nitrogen and oxygen atoms in total. The molecule has 0 fully saturated rings. The third-order valence-electron chi connectivity index (χ3n) is 3.41. The quantitative estimate of drug-likeness (QED) is 0.456. The van der Waals surface area contributed by atoms with Crippen LogP contribution in [0.2, 0.25) is 5.02 Å². The molecule has 0 heterocycles. The molecule has 0 aliphatic heterocycles. The normalized spacial score (nSPS) is 12.6. The number of carbonyl (C=O) groups is 1. The highest BCUT2D eigenvalue weighted by Crippen LogP contribution is 2.19. The second kappa shape index (κ2) is 7.79. The van der Waals surface area contributed by atoms with Crippen LogP contribution in [0.15, 0.2) is 53.7 Å². The van der Waals surface area contributed by atoms with Crippen LogP contribution >= 0.6 is 11.6 Å². The van der Waals surface area contributed by atoms with Crippen molar-refractivity contribution in [1.29, 1.82) is 0 Å². The topological polar surface area (TPSA) is 47.9 Å². The monoisotopic (exact) mass is 331 g/mol. The van der Waals surface area contributed by atoms with Crippen molar-refractivity contribution in [3.8, 4) is 0 Å². The molecule has 0 bridgehead atoms. The van der Waals surface area contributed by atoms with Gasteiger partial charge in [0.2, 0.25) is 0 Å². The van der Waals surface area contributed by atoms with Gasteiger partial charge in [-0.05, 0) is 49.2 Å². The molecular formula is C18H18ClNO3. The Morgan fingerprint density at radius 2 is 1.61 bits per heavy atom. The molecule has 0 saturated carbocycles. The summed E-state index contributed by atoms with van der Waals surface area (Å²) in [7, 11) is 1.36. The molecule has 0 amide bonds. The summed E-state index contributed by atoms with van der Waals surface area (Å²) in [6, 6.07) is 14.5. The van der Waals surface area contributed by atoms with Crippen LogP contribution in [0, 0.1) is 0 Å². The number of hydrogen-bond donors (Lipinski definition) is 0. The van der Waals surface area contributed by atoms with E-state index in [2.05, 4.69) is 9.89 Å². The van der Waals surface area contributed by atoms with E-state index in [0.29, 0.717) is 10.6 Å². The standard InChI is InChI=1S/C18H18ClNO3/c1-12(14-4-6-16(7-5-14)18(21)22-3)20-23-13(2)15-8-10-17(19)11-9-15/h4-11,13H,1-3H3/b20-12+. The summed E-state index contributed by atoms with van der Waals surface area (Å²) in [6.45, 7) is 3.77. The maximum atomic E-state index is 11.4. The van der Waals surface area contributed by atoms with Crippen LogP contribution in [0.1, 0.15) is 41.4 Å². The average molecular weight is 332 g/mol. The van der Waals surface area contributed by atoms with Crippen molar-refractivity contribution in [3.63, 3.8) is 0 Å². The van der Waals surface area contributed by atoms with Gasteiger partial charge in [-0.1, -0.05) is 41.0 Å². The lowest BCUT2D eigenvalue weighted by Crippen LogP contribution is -2.03. The first-order chi connectivity index (χ1) is 11.0. The minimum absolute atomic E-state index is 0.184. The molecule has 0 aliphatic carbocycles. The van der Waals surface area contributed by atoms with Crippen LogP contribution in [0.4, 0.5) is 0 Å². The molecule has 0 radical (unpaired) electrons. The van der Waals surface area contributed by atoms with Crippen molar-refractivity contribution in [3.05, 3.63) is 70.2 Å². The molecule has 2 aromatic rings. The van der Waals surface area contributed by atoms with E-state index in [1.165, 1.54) is 7.11 Å². The van der Waals surface area contributed by atoms with Crippen LogP contribution in [-0.2, 0) is 9.57 Å². The van der Waals surface area contributed by atoms with Gasteiger partial charge in [0.05, 0.1) is 18.4 Å². The lowest BCUT2D eigenvalue weighted by molar-refractivity contribution is 0.0600. The van der Waals surface area contributed by atoms with Crippen molar-refractivity contribution in [2.75, 3.05) is 7.11 Å². The van der Waals surface area contributed by atoms with Crippen LogP contribution in [-0.4, -0.2) is 18.8 Å². The Kier molecular flexibility index (Phi) is 5.77. The van der Waals surface area contributed by atoms with Crippen molar-refractivity contribution in [2.45, 2.75) is 20.0 Å². The van der Waals surface area contributed by atoms with E-state index in [9.17, 15) is 4.79 Å². The fourth-order valence-electron chi connectivity index (χ4n) is 1.97. The Labute approximate surface area is 140 Å². The molecule has 23 heavy (non-hydrogen) atoms. The first-order valence-electron chi connectivity index (χ1n) is 7.16. The number of rotatable bonds is 5. The minimum atomic E-state index is -0.362. The molecule has 1 atom stereocenters. The molecule has 0 saturated heterocycles. The molecule has 1 unspecified atom stereocenters. The van der Waals surface area contributed by atoms with E-state index in [-0.39, 0.29) is 12.1 Å². The predicted molar refractivity (Wildman–Crippen MR) is 90.9 cm³/mol. The van der Waals surface area contributed by atoms with Gasteiger partial charge in [-0.2, -0.15) is 0 Å². The smallest absolute Gasteiger partial charge is 0.337 e. The van der Waals surface area contributed by atoms with E-state index < -0.39 is 0 Å². The number of methoxy groups -OCH3 is 1. The summed E-state index contributed by atoms with van der Waals surface area (Å²) < 4.78 is 4.67. The zero-order valence-electron chi connectivity index (χ0n) is 13.2. The van der Waals surface area contributed by atoms with Crippen molar-refractivity contribution in [2.24, 2.45) is 5.16 Å². The van der Waals surface area contributed by atoms with Gasteiger partial charge in [0.25, 0.3) is 0 Å². The van der Waals surface area contributed by atoms with E-state index in [1.54, 1.807) is 24.3 Å². The molecule has 0 aliphatic rings. The number of carbonyl (C=O) groups excluding carboxylic acids is 1. The number of esters is 1. The maximum Gasteiger partial charge on any atom is 0.337 e. The summed E-state index contributed by atoms with van der Waals surface area (Å²) in [5.74, 6) is -0.362. The largest absolute Gasteiger partial charge is 0.465 e. The Morgan fingerprint density at radius 1 is 1.04 bits per heavy atom. The minimum Gasteiger partial charge on any atom is -0.465 e. The average Bonchev–Trinajstić information content (AvgIpc) is 2.59. The number of ether oxygens (including phenoxy) is 1. The number of oxime groups is 1. The first-order valence-corrected chi connectivity index (χ1v) is 7.53. The van der Waals surface area contributed by atoms with E-state index in [1.807, 2.05) is 38.1 Å². The number of hydrogen-bond acceptors (Lipinski definition) is 4. The molecular weight excluding hydrogens is 314 g/mol. The number of benzene rings is 2. The molecule has 0 N–H and O–H groups in total. The van der Waals surface area contributed by atoms with Crippen LogP contribution < -0.4 is 0 Å². The second-order valence-corrected chi connectivity index (χ2v) is 5.48. The zero-order chi connectivity index (χ0) is 16.8. The third kappa shape index (κ3) is 4.57. The van der Waals surface area contributed by atoms with Crippen molar-refractivity contribution in [1.82, 2.24) is 0 Å². The Morgan fingerprint density at radius 3 is 2.17 bits per heavy atom. The first kappa shape index (κ1) is 17.0. The van der Waals surface area contributed by atoms with Crippen molar-refractivity contribution >= 4 is 23.3 Å². The predicted octanol–water partition coefficient (Wildman–Crippen LogP) is 4.63. The van der Waals surface area contributed by atoms with Gasteiger partial charge in [-0.3, -0.25) is 0 Å². The Balaban J connectivity index is 2.04. The summed E-state index contributed by atoms with van der Waals surface area (Å²) in [5.41, 5.74) is 3.09. The van der Waals surface area contributed by atoms with Gasteiger partial charge in [0, 0.05) is 5.02 Å². The zero-order valence-corrected chi connectivity index (χ0v) is 14.0. The van der Waals surface area contributed by atoms with Gasteiger partial charge < -0.3 is 9.57 Å². The van der Waals surface area contributed by atoms with Gasteiger partial charge in [-0.15, -0.1) is 0 Å². The Bertz CT molecular complexity index is 693. The van der Waals surface area contributed by atoms with Gasteiger partial charge in [0.15, 0.2) is 0 Å². The molecule has 2 aromatic carbocycles. The molecule has 120 valence electrons. The van der Waals surface area contributed by atoms with Gasteiger partial charge in [0.1, 0.15) is 6.10 Å². The fraction of sp³-hybridized carbons (Fsp3) is 0.222. The fourth-order valence-corrected chi connectivity index (χ4v) is 2.10. The highest BCUT2D eigenvalue weighted by molar-refractivity contribution is 6.30. The molecule has 0 spiro atoms. The van der Waals surface area contributed by atoms with Crippen LogP contribution in [0.25, 0.3) is 0 Å². The van der Waals surface area contributed by atoms with Gasteiger partial charge >= 0.3 is 5.97 Å². The maximum absolute atomic E-state index is 11.4. The Hall–Kier alpha value is -2.33. The van der Waals surface area contributed by atoms with E-state index in [4.69, 9.17) is 16.4 Å². The van der Waals surface area contributed by atoms with Crippen LogP contribution in [0.5, 0.6) is 0 Å². The SMILES string of the molecule is COC(=O)c1ccc(/C(C)=N/OC(C)c2ccc(Cl)cc2)cc1. The van der Waals surface area contributed by atoms with Crippen LogP contribution in [0.3, 0.4) is 0 Å². The van der Waals surface area contributed by atoms with Crippen molar-refractivity contribution < 1.29 is 14.4 Å². The third-order valence-corrected chi connectivity index (χ3v) is 3.66. The molecule has 5 heteroatoms. The summed E-state index contributed by atoms with van der Waals surface area (Å²) in [6.07, 6.45) is -0.184. The number of nitrogens with zero attached hydrogens (tertiary/aromatic N) is 1. The van der Waals surface area contributed by atoms with E-state index in [0.717, 1.165) is 16.8 Å². The highest BCUT2D eigenvalue weighted by atomic mass is 35.5. The lowest BCUT2D eigenvalue weighted by Gasteiger charge is -2.11. The lowest BCUT2D eigenvalue weighted by atomic mass is 10.1. The molecule has 0 aromatic heterocycles. The summed E-state index contributed by atoms with van der Waals surface area (Å²) >= 11 is 5.87. The highest BCUT2D eigenvalue weighted by Gasteiger charge is 2.08. The summed E-state index contributed by atoms with van der Waals surface area (Å²) in [5, 5.41) is 4.84. The second-order valence-electron chi connectivity index (χ2n) is 5.04.